The standard InChI is InChI=1S/C24H14Cl2O2/c1-11(27)14-9-10-16-15-7-3-5-13-6-4-8-17(19(13)15)22-21(16)20(14)18(12(2)28)23(25)24(22)26/h3-10H,1-2H3. The van der Waals surface area contributed by atoms with E-state index in [1.54, 1.807) is 6.07 Å². The lowest BCUT2D eigenvalue weighted by Gasteiger charge is -2.20. The van der Waals surface area contributed by atoms with Crippen molar-refractivity contribution in [3.63, 3.8) is 0 Å². The van der Waals surface area contributed by atoms with Crippen molar-refractivity contribution in [3.8, 4) is 0 Å². The molecule has 0 aliphatic heterocycles. The van der Waals surface area contributed by atoms with E-state index in [-0.39, 0.29) is 16.6 Å². The van der Waals surface area contributed by atoms with Crippen molar-refractivity contribution in [1.29, 1.82) is 0 Å². The lowest BCUT2D eigenvalue weighted by Crippen LogP contribution is -2.04. The number of carbonyl (C=O) groups excluding carboxylic acids is 2. The zero-order valence-corrected chi connectivity index (χ0v) is 16.7. The Balaban J connectivity index is 2.27. The van der Waals surface area contributed by atoms with Crippen LogP contribution in [-0.4, -0.2) is 11.6 Å². The summed E-state index contributed by atoms with van der Waals surface area (Å²) in [4.78, 5) is 24.9. The van der Waals surface area contributed by atoms with Crippen LogP contribution in [0.5, 0.6) is 0 Å². The van der Waals surface area contributed by atoms with E-state index >= 15 is 0 Å². The van der Waals surface area contributed by atoms with Crippen molar-refractivity contribution < 1.29 is 9.59 Å². The zero-order chi connectivity index (χ0) is 19.7. The van der Waals surface area contributed by atoms with E-state index in [1.165, 1.54) is 13.8 Å². The summed E-state index contributed by atoms with van der Waals surface area (Å²) < 4.78 is 0. The largest absolute Gasteiger partial charge is 0.294 e. The molecule has 0 saturated heterocycles. The van der Waals surface area contributed by atoms with Gasteiger partial charge in [0.05, 0.1) is 10.0 Å². The minimum Gasteiger partial charge on any atom is -0.294 e. The smallest absolute Gasteiger partial charge is 0.162 e. The molecule has 5 rings (SSSR count). The number of halogens is 2. The highest BCUT2D eigenvalue weighted by atomic mass is 35.5. The molecule has 0 saturated carbocycles. The third-order valence-electron chi connectivity index (χ3n) is 5.53. The highest BCUT2D eigenvalue weighted by Gasteiger charge is 2.25. The highest BCUT2D eigenvalue weighted by molar-refractivity contribution is 6.52. The lowest BCUT2D eigenvalue weighted by atomic mass is 9.85. The van der Waals surface area contributed by atoms with Gasteiger partial charge < -0.3 is 0 Å². The fraction of sp³-hybridized carbons (Fsp3) is 0.0833. The molecular formula is C24H14Cl2O2. The van der Waals surface area contributed by atoms with Crippen molar-refractivity contribution in [1.82, 2.24) is 0 Å². The second-order valence-corrected chi connectivity index (χ2v) is 7.87. The van der Waals surface area contributed by atoms with Gasteiger partial charge in [-0.3, -0.25) is 9.59 Å². The minimum absolute atomic E-state index is 0.115. The van der Waals surface area contributed by atoms with Crippen LogP contribution in [0.15, 0.2) is 48.5 Å². The van der Waals surface area contributed by atoms with Crippen LogP contribution in [0.1, 0.15) is 34.6 Å². The van der Waals surface area contributed by atoms with Gasteiger partial charge in [-0.1, -0.05) is 71.7 Å². The van der Waals surface area contributed by atoms with Crippen LogP contribution < -0.4 is 0 Å². The molecule has 0 aliphatic carbocycles. The maximum Gasteiger partial charge on any atom is 0.162 e. The Hall–Kier alpha value is -2.68. The van der Waals surface area contributed by atoms with Gasteiger partial charge in [0.2, 0.25) is 0 Å². The van der Waals surface area contributed by atoms with E-state index in [0.29, 0.717) is 21.5 Å². The maximum absolute atomic E-state index is 12.5. The molecule has 0 heterocycles. The van der Waals surface area contributed by atoms with Crippen LogP contribution in [0.25, 0.3) is 43.1 Å². The lowest BCUT2D eigenvalue weighted by molar-refractivity contribution is 0.101. The molecule has 136 valence electrons. The van der Waals surface area contributed by atoms with E-state index in [9.17, 15) is 9.59 Å². The summed E-state index contributed by atoms with van der Waals surface area (Å²) in [6.45, 7) is 2.95. The molecule has 4 heteroatoms. The topological polar surface area (TPSA) is 34.1 Å². The van der Waals surface area contributed by atoms with Crippen LogP contribution in [0.3, 0.4) is 0 Å². The molecule has 0 aromatic heterocycles. The molecule has 5 aromatic rings. The number of carbonyl (C=O) groups is 2. The molecule has 0 bridgehead atoms. The van der Waals surface area contributed by atoms with E-state index in [0.717, 1.165) is 37.7 Å². The number of benzene rings is 5. The van der Waals surface area contributed by atoms with Gasteiger partial charge >= 0.3 is 0 Å². The first-order valence-electron chi connectivity index (χ1n) is 8.93. The summed E-state index contributed by atoms with van der Waals surface area (Å²) in [6.07, 6.45) is 0. The second-order valence-electron chi connectivity index (χ2n) is 7.11. The normalized spacial score (nSPS) is 11.9. The van der Waals surface area contributed by atoms with Crippen molar-refractivity contribution in [2.24, 2.45) is 0 Å². The van der Waals surface area contributed by atoms with Crippen LogP contribution in [0.2, 0.25) is 10.0 Å². The van der Waals surface area contributed by atoms with E-state index < -0.39 is 0 Å². The summed E-state index contributed by atoms with van der Waals surface area (Å²) >= 11 is 13.3. The molecule has 0 amide bonds. The quantitative estimate of drug-likeness (QED) is 0.174. The minimum atomic E-state index is -0.213. The number of hydrogen-bond acceptors (Lipinski definition) is 2. The van der Waals surface area contributed by atoms with Gasteiger partial charge in [-0.15, -0.1) is 0 Å². The van der Waals surface area contributed by atoms with Crippen LogP contribution in [0, 0.1) is 0 Å². The zero-order valence-electron chi connectivity index (χ0n) is 15.2. The number of Topliss-reactive ketones (excluding diaryl/α,β-unsaturated/α-hetero) is 2. The van der Waals surface area contributed by atoms with Gasteiger partial charge in [0, 0.05) is 27.3 Å². The molecule has 28 heavy (non-hydrogen) atoms. The third-order valence-corrected chi connectivity index (χ3v) is 6.39. The first kappa shape index (κ1) is 17.4. The van der Waals surface area contributed by atoms with E-state index in [1.807, 2.05) is 24.3 Å². The second kappa shape index (κ2) is 5.91. The molecule has 0 aliphatic rings. The molecule has 0 unspecified atom stereocenters. The number of rotatable bonds is 2. The van der Waals surface area contributed by atoms with Crippen molar-refractivity contribution >= 4 is 77.9 Å². The van der Waals surface area contributed by atoms with Crippen LogP contribution in [0.4, 0.5) is 0 Å². The third kappa shape index (κ3) is 2.10. The molecule has 5 aromatic carbocycles. The molecule has 0 radical (unpaired) electrons. The average molecular weight is 405 g/mol. The van der Waals surface area contributed by atoms with E-state index in [4.69, 9.17) is 23.2 Å². The molecule has 0 spiro atoms. The molecule has 0 atom stereocenters. The van der Waals surface area contributed by atoms with Crippen molar-refractivity contribution in [3.05, 3.63) is 69.7 Å². The molecule has 2 nitrogen and oxygen atoms in total. The van der Waals surface area contributed by atoms with Crippen molar-refractivity contribution in [2.75, 3.05) is 0 Å². The Morgan fingerprint density at radius 3 is 1.93 bits per heavy atom. The number of ketones is 2. The average Bonchev–Trinajstić information content (AvgIpc) is 2.67. The number of fused-ring (bicyclic) bond motifs is 2. The highest BCUT2D eigenvalue weighted by Crippen LogP contribution is 2.48. The Labute approximate surface area is 171 Å². The summed E-state index contributed by atoms with van der Waals surface area (Å²) in [5, 5.41) is 7.94. The predicted molar refractivity (Wildman–Crippen MR) is 118 cm³/mol. The summed E-state index contributed by atoms with van der Waals surface area (Å²) in [5.41, 5.74) is 0.791. The van der Waals surface area contributed by atoms with Gasteiger partial charge in [0.1, 0.15) is 0 Å². The first-order chi connectivity index (χ1) is 13.4. The summed E-state index contributed by atoms with van der Waals surface area (Å²) in [5.74, 6) is -0.328. The predicted octanol–water partition coefficient (Wildman–Crippen LogP) is 7.45. The Morgan fingerprint density at radius 1 is 0.643 bits per heavy atom. The Bertz CT molecular complexity index is 1480. The van der Waals surface area contributed by atoms with Gasteiger partial charge in [-0.05, 0) is 40.8 Å². The van der Waals surface area contributed by atoms with Gasteiger partial charge in [0.15, 0.2) is 11.6 Å². The fourth-order valence-corrected chi connectivity index (χ4v) is 5.05. The van der Waals surface area contributed by atoms with Gasteiger partial charge in [-0.2, -0.15) is 0 Å². The molecular weight excluding hydrogens is 391 g/mol. The van der Waals surface area contributed by atoms with Gasteiger partial charge in [0.25, 0.3) is 0 Å². The Morgan fingerprint density at radius 2 is 1.29 bits per heavy atom. The van der Waals surface area contributed by atoms with Crippen LogP contribution in [-0.2, 0) is 0 Å². The van der Waals surface area contributed by atoms with Gasteiger partial charge in [-0.25, -0.2) is 0 Å². The van der Waals surface area contributed by atoms with Crippen LogP contribution >= 0.6 is 23.2 Å². The summed E-state index contributed by atoms with van der Waals surface area (Å²) in [7, 11) is 0. The SMILES string of the molecule is CC(=O)c1ccc2c3cccc4cccc(c5c(Cl)c(Cl)c(C(C)=O)c1c25)c43. The first-order valence-corrected chi connectivity index (χ1v) is 9.69. The molecule has 0 fully saturated rings. The summed E-state index contributed by atoms with van der Waals surface area (Å²) in [6, 6.07) is 15.9. The monoisotopic (exact) mass is 404 g/mol. The van der Waals surface area contributed by atoms with Crippen molar-refractivity contribution in [2.45, 2.75) is 13.8 Å². The Kier molecular flexibility index (Phi) is 3.67. The van der Waals surface area contributed by atoms with E-state index in [2.05, 4.69) is 18.2 Å². The fourth-order valence-electron chi connectivity index (χ4n) is 4.44. The number of hydrogen-bond donors (Lipinski definition) is 0. The maximum atomic E-state index is 12.5. The molecule has 0 N–H and O–H groups in total.